The first-order valence-electron chi connectivity index (χ1n) is 3.80. The summed E-state index contributed by atoms with van der Waals surface area (Å²) in [5.74, 6) is 0. The summed E-state index contributed by atoms with van der Waals surface area (Å²) in [6.45, 7) is 2.98. The third-order valence-electron chi connectivity index (χ3n) is 1.72. The second-order valence-corrected chi connectivity index (χ2v) is 5.53. The summed E-state index contributed by atoms with van der Waals surface area (Å²) in [4.78, 5) is 0. The average molecular weight is 234 g/mol. The molecule has 7 heteroatoms. The molecule has 0 radical (unpaired) electrons. The van der Waals surface area contributed by atoms with Gasteiger partial charge in [0, 0.05) is 0 Å². The Labute approximate surface area is 78.6 Å². The molecule has 0 aliphatic carbocycles. The fraction of sp³-hybridized carbons (Fsp3) is 1.00. The fourth-order valence-corrected chi connectivity index (χ4v) is 2.83. The Morgan fingerprint density at radius 2 is 1.69 bits per heavy atom. The Kier molecular flexibility index (Phi) is 4.69. The van der Waals surface area contributed by atoms with Crippen LogP contribution in [0.1, 0.15) is 26.7 Å². The summed E-state index contributed by atoms with van der Waals surface area (Å²) in [6.07, 6.45) is 0.774. The molecule has 0 saturated heterocycles. The Bertz CT molecular complexity index is 249. The number of hydrogen-bond acceptors (Lipinski definition) is 3. The van der Waals surface area contributed by atoms with E-state index in [4.69, 9.17) is 0 Å². The van der Waals surface area contributed by atoms with E-state index in [1.807, 2.05) is 0 Å². The van der Waals surface area contributed by atoms with E-state index in [0.29, 0.717) is 0 Å². The minimum atomic E-state index is -3.81. The quantitative estimate of drug-likeness (QED) is 0.542. The molecule has 0 aromatic carbocycles. The van der Waals surface area contributed by atoms with Gasteiger partial charge in [-0.25, -0.2) is 0 Å². The molecule has 80 valence electrons. The van der Waals surface area contributed by atoms with Crippen molar-refractivity contribution in [3.63, 3.8) is 0 Å². The molecule has 0 aliphatic rings. The Balaban J connectivity index is 4.79. The second kappa shape index (κ2) is 4.62. The summed E-state index contributed by atoms with van der Waals surface area (Å²) in [7, 11) is -7.23. The van der Waals surface area contributed by atoms with E-state index in [-0.39, 0.29) is 12.8 Å². The Hall–Kier alpha value is 0.200. The van der Waals surface area contributed by atoms with Gasteiger partial charge in [0.1, 0.15) is 0 Å². The molecule has 0 aromatic heterocycles. The van der Waals surface area contributed by atoms with Gasteiger partial charge in [0.2, 0.25) is 0 Å². The van der Waals surface area contributed by atoms with Gasteiger partial charge in [-0.15, -0.1) is 0 Å². The minimum absolute atomic E-state index is 0.00469. The van der Waals surface area contributed by atoms with Gasteiger partial charge < -0.3 is 0 Å². The first kappa shape index (κ1) is 13.2. The maximum atomic E-state index is 12.6. The van der Waals surface area contributed by atoms with Gasteiger partial charge in [-0.1, -0.05) is 13.8 Å². The van der Waals surface area contributed by atoms with Crippen LogP contribution < -0.4 is 0 Å². The monoisotopic (exact) mass is 234 g/mol. The first-order valence-corrected chi connectivity index (χ1v) is 6.74. The van der Waals surface area contributed by atoms with Crippen LogP contribution in [0, 0.1) is 0 Å². The molecule has 0 rings (SSSR count). The smallest absolute Gasteiger partial charge is 0.253 e. The molecule has 0 bridgehead atoms. The van der Waals surface area contributed by atoms with E-state index >= 15 is 0 Å². The van der Waals surface area contributed by atoms with Crippen LogP contribution in [0.5, 0.6) is 0 Å². The standard InChI is InChI=1S/C6H13F2O3PS/c1-4-6(5-2,12(7)8)11-13(3,9)10/h4-5H2,1-3H3. The molecule has 0 spiro atoms. The van der Waals surface area contributed by atoms with Crippen LogP contribution in [0.3, 0.4) is 0 Å². The average Bonchev–Trinajstić information content (AvgIpc) is 1.98. The van der Waals surface area contributed by atoms with E-state index in [0.717, 1.165) is 6.26 Å². The lowest BCUT2D eigenvalue weighted by Gasteiger charge is -2.27. The van der Waals surface area contributed by atoms with Crippen molar-refractivity contribution in [3.8, 4) is 0 Å². The van der Waals surface area contributed by atoms with Crippen molar-refractivity contribution < 1.29 is 21.0 Å². The largest absolute Gasteiger partial charge is 0.300 e. The van der Waals surface area contributed by atoms with E-state index in [9.17, 15) is 16.8 Å². The van der Waals surface area contributed by atoms with Crippen LogP contribution in [-0.2, 0) is 14.3 Å². The lowest BCUT2D eigenvalue weighted by molar-refractivity contribution is 0.147. The molecule has 0 N–H and O–H groups in total. The van der Waals surface area contributed by atoms with Crippen molar-refractivity contribution >= 4 is 18.7 Å². The highest BCUT2D eigenvalue weighted by Crippen LogP contribution is 2.57. The van der Waals surface area contributed by atoms with Crippen LogP contribution in [0.25, 0.3) is 0 Å². The van der Waals surface area contributed by atoms with Gasteiger partial charge >= 0.3 is 0 Å². The van der Waals surface area contributed by atoms with Gasteiger partial charge in [0.05, 0.1) is 6.26 Å². The van der Waals surface area contributed by atoms with Gasteiger partial charge in [-0.2, -0.15) is 16.8 Å². The van der Waals surface area contributed by atoms with Crippen molar-refractivity contribution in [3.05, 3.63) is 0 Å². The van der Waals surface area contributed by atoms with Gasteiger partial charge in [0.25, 0.3) is 18.7 Å². The Morgan fingerprint density at radius 3 is 1.77 bits per heavy atom. The molecule has 3 nitrogen and oxygen atoms in total. The predicted octanol–water partition coefficient (Wildman–Crippen LogP) is 2.73. The molecule has 0 saturated carbocycles. The lowest BCUT2D eigenvalue weighted by atomic mass is 10.2. The predicted molar refractivity (Wildman–Crippen MR) is 48.4 cm³/mol. The molecule has 0 aliphatic heterocycles. The van der Waals surface area contributed by atoms with Crippen LogP contribution in [0.2, 0.25) is 0 Å². The molecule has 0 unspecified atom stereocenters. The molecule has 0 aromatic rings. The summed E-state index contributed by atoms with van der Waals surface area (Å²) in [5, 5.41) is -1.79. The van der Waals surface area contributed by atoms with Gasteiger partial charge in [-0.3, -0.25) is 4.18 Å². The third-order valence-corrected chi connectivity index (χ3v) is 3.80. The zero-order valence-corrected chi connectivity index (χ0v) is 9.46. The maximum absolute atomic E-state index is 12.6. The zero-order chi connectivity index (χ0) is 10.7. The summed E-state index contributed by atoms with van der Waals surface area (Å²) in [6, 6.07) is 0. The van der Waals surface area contributed by atoms with E-state index in [1.165, 1.54) is 13.8 Å². The summed E-state index contributed by atoms with van der Waals surface area (Å²) >= 11 is 0. The zero-order valence-electron chi connectivity index (χ0n) is 7.75. The molecule has 0 atom stereocenters. The van der Waals surface area contributed by atoms with Gasteiger partial charge in [0.15, 0.2) is 5.34 Å². The first-order chi connectivity index (χ1) is 5.77. The summed E-state index contributed by atoms with van der Waals surface area (Å²) < 4.78 is 51.0. The highest BCUT2D eigenvalue weighted by molar-refractivity contribution is 7.86. The number of hydrogen-bond donors (Lipinski definition) is 0. The maximum Gasteiger partial charge on any atom is 0.300 e. The van der Waals surface area contributed by atoms with Crippen LogP contribution >= 0.6 is 8.54 Å². The van der Waals surface area contributed by atoms with Crippen molar-refractivity contribution in [2.75, 3.05) is 6.26 Å². The topological polar surface area (TPSA) is 43.4 Å². The molecule has 0 fully saturated rings. The minimum Gasteiger partial charge on any atom is -0.253 e. The van der Waals surface area contributed by atoms with Crippen molar-refractivity contribution in [1.29, 1.82) is 0 Å². The van der Waals surface area contributed by atoms with Crippen LogP contribution in [-0.4, -0.2) is 20.0 Å². The van der Waals surface area contributed by atoms with Crippen LogP contribution in [0.4, 0.5) is 8.39 Å². The lowest BCUT2D eigenvalue weighted by Crippen LogP contribution is -2.29. The summed E-state index contributed by atoms with van der Waals surface area (Å²) in [5.41, 5.74) is 0. The Morgan fingerprint density at radius 1 is 1.31 bits per heavy atom. The molecular formula is C6H13F2O3PS. The molecule has 13 heavy (non-hydrogen) atoms. The van der Waals surface area contributed by atoms with E-state index < -0.39 is 24.0 Å². The SMILES string of the molecule is CCC(CC)(OS(C)(=O)=O)P(F)F. The normalized spacial score (nSPS) is 13.7. The second-order valence-electron chi connectivity index (χ2n) is 2.67. The molecule has 0 heterocycles. The van der Waals surface area contributed by atoms with E-state index in [1.54, 1.807) is 0 Å². The fourth-order valence-electron chi connectivity index (χ4n) is 0.917. The highest BCUT2D eigenvalue weighted by Gasteiger charge is 2.42. The van der Waals surface area contributed by atoms with Crippen LogP contribution in [0.15, 0.2) is 0 Å². The van der Waals surface area contributed by atoms with E-state index in [2.05, 4.69) is 4.18 Å². The van der Waals surface area contributed by atoms with Crippen molar-refractivity contribution in [2.45, 2.75) is 32.0 Å². The van der Waals surface area contributed by atoms with Gasteiger partial charge in [-0.05, 0) is 12.8 Å². The highest BCUT2D eigenvalue weighted by atomic mass is 32.2. The number of rotatable bonds is 5. The molecule has 0 amide bonds. The third kappa shape index (κ3) is 3.83. The van der Waals surface area contributed by atoms with Crippen molar-refractivity contribution in [1.82, 2.24) is 0 Å². The number of halogens is 2. The molecular weight excluding hydrogens is 221 g/mol. The van der Waals surface area contributed by atoms with Crippen molar-refractivity contribution in [2.24, 2.45) is 0 Å².